The molecule has 0 aromatic heterocycles. The molecule has 1 heterocycles. The van der Waals surface area contributed by atoms with Crippen LogP contribution < -0.4 is 16.0 Å². The Labute approximate surface area is 147 Å². The van der Waals surface area contributed by atoms with Crippen molar-refractivity contribution in [2.45, 2.75) is 26.1 Å². The minimum atomic E-state index is -4.38. The van der Waals surface area contributed by atoms with Crippen LogP contribution in [0.3, 0.4) is 0 Å². The Morgan fingerprint density at radius 2 is 1.92 bits per heavy atom. The molecule has 2 aromatic rings. The summed E-state index contributed by atoms with van der Waals surface area (Å²) in [6, 6.07) is 6.63. The number of anilines is 3. The van der Waals surface area contributed by atoms with Crippen molar-refractivity contribution >= 4 is 23.0 Å². The highest BCUT2D eigenvalue weighted by molar-refractivity contribution is 5.93. The number of carbonyl (C=O) groups is 1. The van der Waals surface area contributed by atoms with Crippen LogP contribution in [-0.2, 0) is 23.9 Å². The summed E-state index contributed by atoms with van der Waals surface area (Å²) in [7, 11) is 0. The van der Waals surface area contributed by atoms with Crippen LogP contribution in [-0.4, -0.2) is 12.5 Å². The Kier molecular flexibility index (Phi) is 4.52. The molecule has 2 aromatic carbocycles. The Morgan fingerprint density at radius 3 is 2.58 bits per heavy atom. The topological polar surface area (TPSA) is 58.4 Å². The van der Waals surface area contributed by atoms with E-state index in [1.54, 1.807) is 4.90 Å². The van der Waals surface area contributed by atoms with Crippen LogP contribution in [0, 0.1) is 5.82 Å². The van der Waals surface area contributed by atoms with Crippen molar-refractivity contribution in [3.63, 3.8) is 0 Å². The standard InChI is InChI=1S/C18H17F4N3O/c1-10(26)24-14-4-5-15(16(19)17(14)23)25-7-6-11-8-13(18(20,21)22)3-2-12(11)9-25/h2-5,8H,6-7,9,23H2,1H3,(H,24,26). The van der Waals surface area contributed by atoms with Gasteiger partial charge in [-0.05, 0) is 41.8 Å². The molecule has 0 saturated carbocycles. The monoisotopic (exact) mass is 367 g/mol. The summed E-state index contributed by atoms with van der Waals surface area (Å²) >= 11 is 0. The fourth-order valence-electron chi connectivity index (χ4n) is 3.06. The van der Waals surface area contributed by atoms with Gasteiger partial charge in [-0.25, -0.2) is 4.39 Å². The van der Waals surface area contributed by atoms with Gasteiger partial charge in [-0.3, -0.25) is 4.79 Å². The van der Waals surface area contributed by atoms with E-state index in [0.29, 0.717) is 24.1 Å². The average Bonchev–Trinajstić information content (AvgIpc) is 2.57. The molecule has 0 fully saturated rings. The van der Waals surface area contributed by atoms with E-state index in [0.717, 1.165) is 12.1 Å². The van der Waals surface area contributed by atoms with Crippen LogP contribution in [0.2, 0.25) is 0 Å². The highest BCUT2D eigenvalue weighted by Crippen LogP contribution is 2.35. The van der Waals surface area contributed by atoms with E-state index >= 15 is 0 Å². The molecule has 1 aliphatic heterocycles. The normalized spacial score (nSPS) is 14.1. The molecule has 3 N–H and O–H groups in total. The van der Waals surface area contributed by atoms with Crippen LogP contribution in [0.25, 0.3) is 0 Å². The van der Waals surface area contributed by atoms with Gasteiger partial charge in [0, 0.05) is 20.0 Å². The third-order valence-electron chi connectivity index (χ3n) is 4.36. The van der Waals surface area contributed by atoms with Gasteiger partial charge in [0.15, 0.2) is 5.82 Å². The van der Waals surface area contributed by atoms with Gasteiger partial charge in [-0.2, -0.15) is 13.2 Å². The molecular weight excluding hydrogens is 350 g/mol. The largest absolute Gasteiger partial charge is 0.416 e. The number of hydrogen-bond donors (Lipinski definition) is 2. The number of nitrogen functional groups attached to an aromatic ring is 1. The highest BCUT2D eigenvalue weighted by Gasteiger charge is 2.32. The number of nitrogens with one attached hydrogen (secondary N) is 1. The number of alkyl halides is 3. The average molecular weight is 367 g/mol. The summed E-state index contributed by atoms with van der Waals surface area (Å²) in [6.45, 7) is 1.94. The van der Waals surface area contributed by atoms with E-state index in [2.05, 4.69) is 5.32 Å². The quantitative estimate of drug-likeness (QED) is 0.624. The van der Waals surface area contributed by atoms with E-state index in [-0.39, 0.29) is 29.5 Å². The molecule has 26 heavy (non-hydrogen) atoms. The van der Waals surface area contributed by atoms with Crippen molar-refractivity contribution in [3.05, 3.63) is 52.8 Å². The molecule has 0 unspecified atom stereocenters. The summed E-state index contributed by atoms with van der Waals surface area (Å²) in [6.07, 6.45) is -4.02. The minimum absolute atomic E-state index is 0.170. The Hall–Kier alpha value is -2.77. The van der Waals surface area contributed by atoms with Gasteiger partial charge in [0.25, 0.3) is 0 Å². The third kappa shape index (κ3) is 3.44. The van der Waals surface area contributed by atoms with Crippen molar-refractivity contribution in [2.24, 2.45) is 0 Å². The predicted octanol–water partition coefficient (Wildman–Crippen LogP) is 3.95. The fourth-order valence-corrected chi connectivity index (χ4v) is 3.06. The number of halogens is 4. The summed E-state index contributed by atoms with van der Waals surface area (Å²) in [5.74, 6) is -1.03. The third-order valence-corrected chi connectivity index (χ3v) is 4.36. The zero-order chi connectivity index (χ0) is 19.1. The number of fused-ring (bicyclic) bond motifs is 1. The molecule has 0 spiro atoms. The van der Waals surface area contributed by atoms with Gasteiger partial charge in [0.05, 0.1) is 22.6 Å². The fraction of sp³-hybridized carbons (Fsp3) is 0.278. The number of carbonyl (C=O) groups excluding carboxylic acids is 1. The van der Waals surface area contributed by atoms with Crippen LogP contribution in [0.15, 0.2) is 30.3 Å². The number of nitrogens with two attached hydrogens (primary N) is 1. The van der Waals surface area contributed by atoms with Crippen LogP contribution >= 0.6 is 0 Å². The lowest BCUT2D eigenvalue weighted by molar-refractivity contribution is -0.137. The molecule has 0 radical (unpaired) electrons. The van der Waals surface area contributed by atoms with Crippen molar-refractivity contribution in [1.29, 1.82) is 0 Å². The van der Waals surface area contributed by atoms with E-state index < -0.39 is 17.6 Å². The number of nitrogens with zero attached hydrogens (tertiary/aromatic N) is 1. The Bertz CT molecular complexity index is 864. The zero-order valence-corrected chi connectivity index (χ0v) is 14.0. The molecule has 3 rings (SSSR count). The predicted molar refractivity (Wildman–Crippen MR) is 91.3 cm³/mol. The lowest BCUT2D eigenvalue weighted by Crippen LogP contribution is -2.31. The van der Waals surface area contributed by atoms with Gasteiger partial charge in [-0.15, -0.1) is 0 Å². The first-order valence-corrected chi connectivity index (χ1v) is 7.96. The maximum Gasteiger partial charge on any atom is 0.416 e. The number of hydrogen-bond acceptors (Lipinski definition) is 3. The first kappa shape index (κ1) is 18.0. The second kappa shape index (κ2) is 6.51. The SMILES string of the molecule is CC(=O)Nc1ccc(N2CCc3cc(C(F)(F)F)ccc3C2)c(F)c1N. The summed E-state index contributed by atoms with van der Waals surface area (Å²) < 4.78 is 53.1. The molecule has 138 valence electrons. The summed E-state index contributed by atoms with van der Waals surface area (Å²) in [5, 5.41) is 2.45. The summed E-state index contributed by atoms with van der Waals surface area (Å²) in [5.41, 5.74) is 6.67. The first-order chi connectivity index (χ1) is 12.2. The van der Waals surface area contributed by atoms with E-state index in [1.165, 1.54) is 25.1 Å². The molecule has 8 heteroatoms. The van der Waals surface area contributed by atoms with Gasteiger partial charge in [0.2, 0.25) is 5.91 Å². The zero-order valence-electron chi connectivity index (χ0n) is 14.0. The second-order valence-corrected chi connectivity index (χ2v) is 6.19. The second-order valence-electron chi connectivity index (χ2n) is 6.19. The molecule has 0 aliphatic carbocycles. The molecule has 0 saturated heterocycles. The Morgan fingerprint density at radius 1 is 1.19 bits per heavy atom. The number of benzene rings is 2. The maximum absolute atomic E-state index is 14.6. The van der Waals surface area contributed by atoms with Crippen LogP contribution in [0.1, 0.15) is 23.6 Å². The van der Waals surface area contributed by atoms with Gasteiger partial charge < -0.3 is 16.0 Å². The van der Waals surface area contributed by atoms with Crippen LogP contribution in [0.4, 0.5) is 34.6 Å². The van der Waals surface area contributed by atoms with E-state index in [4.69, 9.17) is 5.73 Å². The van der Waals surface area contributed by atoms with E-state index in [1.807, 2.05) is 0 Å². The van der Waals surface area contributed by atoms with Crippen molar-refractivity contribution in [1.82, 2.24) is 0 Å². The van der Waals surface area contributed by atoms with Crippen molar-refractivity contribution in [3.8, 4) is 0 Å². The minimum Gasteiger partial charge on any atom is -0.395 e. The maximum atomic E-state index is 14.6. The molecule has 0 bridgehead atoms. The van der Waals surface area contributed by atoms with Gasteiger partial charge >= 0.3 is 6.18 Å². The lowest BCUT2D eigenvalue weighted by Gasteiger charge is -2.32. The van der Waals surface area contributed by atoms with Gasteiger partial charge in [-0.1, -0.05) is 6.07 Å². The van der Waals surface area contributed by atoms with E-state index in [9.17, 15) is 22.4 Å². The summed E-state index contributed by atoms with van der Waals surface area (Å²) in [4.78, 5) is 12.8. The van der Waals surface area contributed by atoms with Crippen molar-refractivity contribution in [2.75, 3.05) is 22.5 Å². The highest BCUT2D eigenvalue weighted by atomic mass is 19.4. The molecule has 1 aliphatic rings. The van der Waals surface area contributed by atoms with Crippen LogP contribution in [0.5, 0.6) is 0 Å². The smallest absolute Gasteiger partial charge is 0.395 e. The number of rotatable bonds is 2. The first-order valence-electron chi connectivity index (χ1n) is 7.96. The van der Waals surface area contributed by atoms with Crippen molar-refractivity contribution < 1.29 is 22.4 Å². The molecule has 0 atom stereocenters. The molecular formula is C18H17F4N3O. The lowest BCUT2D eigenvalue weighted by atomic mass is 9.96. The molecule has 1 amide bonds. The Balaban J connectivity index is 1.87. The molecule has 4 nitrogen and oxygen atoms in total. The van der Waals surface area contributed by atoms with Gasteiger partial charge in [0.1, 0.15) is 0 Å². The number of amides is 1.